The van der Waals surface area contributed by atoms with Crippen molar-refractivity contribution < 1.29 is 43.3 Å². The minimum atomic E-state index is -1.52. The van der Waals surface area contributed by atoms with Crippen LogP contribution in [0.2, 0.25) is 0 Å². The molecule has 61 heavy (non-hydrogen) atoms. The molecule has 4 N–H and O–H groups in total. The van der Waals surface area contributed by atoms with Crippen molar-refractivity contribution >= 4 is 63.0 Å². The molecule has 3 heterocycles. The number of carbonyl (C=O) groups excluding carboxylic acids is 4. The third-order valence-corrected chi connectivity index (χ3v) is 13.7. The number of nitrogens with one attached hydrogen (secondary N) is 3. The topological polar surface area (TPSA) is 202 Å². The molecule has 1 saturated heterocycles. The largest absolute Gasteiger partial charge is 0.488 e. The molecule has 4 saturated carbocycles. The molecule has 5 fully saturated rings. The van der Waals surface area contributed by atoms with E-state index in [1.807, 2.05) is 37.2 Å². The number of carbonyl (C=O) groups is 5. The Hall–Kier alpha value is -5.45. The van der Waals surface area contributed by atoms with Gasteiger partial charge in [0, 0.05) is 49.0 Å². The zero-order valence-electron chi connectivity index (χ0n) is 34.7. The van der Waals surface area contributed by atoms with E-state index >= 15 is 0 Å². The SMILES string of the molecule is C=C[C@@H]1C[C@]1(NC(=O)[C@@H]1C[C@@H](Oc2cc(-c3csc(NC(=O)OC4CCCC4)n3)nc3cc(N(C)C)ccc23)CN1C(=O)[C@@H](NC(=O)OC1CCC1)C1CCCCC1)C(=O)O. The van der Waals surface area contributed by atoms with Crippen LogP contribution in [0, 0.1) is 11.8 Å². The number of benzene rings is 1. The number of ether oxygens (including phenoxy) is 3. The summed E-state index contributed by atoms with van der Waals surface area (Å²) in [5.74, 6) is -2.41. The highest BCUT2D eigenvalue weighted by atomic mass is 32.1. The second-order valence-electron chi connectivity index (χ2n) is 17.3. The second kappa shape index (κ2) is 17.9. The number of rotatable bonds is 14. The van der Waals surface area contributed by atoms with Crippen LogP contribution in [0.1, 0.15) is 89.9 Å². The van der Waals surface area contributed by atoms with Gasteiger partial charge >= 0.3 is 18.2 Å². The Morgan fingerprint density at radius 1 is 0.918 bits per heavy atom. The Balaban J connectivity index is 1.09. The number of aromatic nitrogens is 2. The number of fused-ring (bicyclic) bond motifs is 1. The molecule has 0 unspecified atom stereocenters. The maximum Gasteiger partial charge on any atom is 0.413 e. The number of pyridine rings is 1. The van der Waals surface area contributed by atoms with Gasteiger partial charge in [-0.25, -0.2) is 24.4 Å². The zero-order chi connectivity index (χ0) is 42.8. The van der Waals surface area contributed by atoms with Crippen LogP contribution in [0.4, 0.5) is 20.4 Å². The molecule has 3 aromatic rings. The first-order valence-corrected chi connectivity index (χ1v) is 22.5. The van der Waals surface area contributed by atoms with Crippen molar-refractivity contribution in [1.82, 2.24) is 25.5 Å². The minimum Gasteiger partial charge on any atom is -0.488 e. The average Bonchev–Trinajstić information content (AvgIpc) is 3.64. The molecule has 16 nitrogen and oxygen atoms in total. The number of hydrogen-bond acceptors (Lipinski definition) is 12. The summed E-state index contributed by atoms with van der Waals surface area (Å²) in [6, 6.07) is 5.49. The first-order valence-electron chi connectivity index (χ1n) is 21.6. The fourth-order valence-corrected chi connectivity index (χ4v) is 9.81. The van der Waals surface area contributed by atoms with E-state index in [1.54, 1.807) is 11.4 Å². The Morgan fingerprint density at radius 3 is 2.28 bits per heavy atom. The van der Waals surface area contributed by atoms with E-state index in [0.717, 1.165) is 82.7 Å². The summed E-state index contributed by atoms with van der Waals surface area (Å²) < 4.78 is 18.0. The molecule has 1 aliphatic heterocycles. The second-order valence-corrected chi connectivity index (χ2v) is 18.2. The fraction of sp³-hybridized carbons (Fsp3) is 0.568. The van der Waals surface area contributed by atoms with Crippen LogP contribution in [0.5, 0.6) is 5.75 Å². The van der Waals surface area contributed by atoms with E-state index in [1.165, 1.54) is 22.3 Å². The van der Waals surface area contributed by atoms with E-state index in [4.69, 9.17) is 19.2 Å². The average molecular weight is 858 g/mol. The van der Waals surface area contributed by atoms with E-state index < -0.39 is 59.6 Å². The van der Waals surface area contributed by atoms with Crippen molar-refractivity contribution in [3.8, 4) is 17.1 Å². The minimum absolute atomic E-state index is 0.00669. The summed E-state index contributed by atoms with van der Waals surface area (Å²) in [5.41, 5.74) is 0.969. The molecule has 0 bridgehead atoms. The number of aliphatic carboxylic acids is 1. The van der Waals surface area contributed by atoms with Gasteiger partial charge in [-0.1, -0.05) is 25.3 Å². The van der Waals surface area contributed by atoms with Gasteiger partial charge in [0.15, 0.2) is 5.13 Å². The summed E-state index contributed by atoms with van der Waals surface area (Å²) in [4.78, 5) is 80.5. The number of alkyl carbamates (subject to hydrolysis) is 1. The van der Waals surface area contributed by atoms with Crippen LogP contribution in [0.25, 0.3) is 22.3 Å². The van der Waals surface area contributed by atoms with Crippen LogP contribution in [-0.2, 0) is 23.9 Å². The molecule has 0 spiro atoms. The molecular formula is C44H55N7O9S. The monoisotopic (exact) mass is 857 g/mol. The van der Waals surface area contributed by atoms with Crippen molar-refractivity contribution in [1.29, 1.82) is 0 Å². The number of hydrogen-bond donors (Lipinski definition) is 4. The van der Waals surface area contributed by atoms with Gasteiger partial charge in [-0.3, -0.25) is 14.9 Å². The quantitative estimate of drug-likeness (QED) is 0.126. The molecule has 0 radical (unpaired) electrons. The number of anilines is 2. The summed E-state index contributed by atoms with van der Waals surface area (Å²) >= 11 is 1.24. The summed E-state index contributed by atoms with van der Waals surface area (Å²) in [6.45, 7) is 3.75. The summed E-state index contributed by atoms with van der Waals surface area (Å²) in [7, 11) is 3.85. The Labute approximate surface area is 358 Å². The van der Waals surface area contributed by atoms with Crippen molar-refractivity contribution in [3.05, 3.63) is 42.3 Å². The van der Waals surface area contributed by atoms with Crippen molar-refractivity contribution in [3.63, 3.8) is 0 Å². The molecule has 8 rings (SSSR count). The zero-order valence-corrected chi connectivity index (χ0v) is 35.5. The smallest absolute Gasteiger partial charge is 0.413 e. The van der Waals surface area contributed by atoms with Gasteiger partial charge in [-0.15, -0.1) is 17.9 Å². The van der Waals surface area contributed by atoms with Crippen LogP contribution in [0.3, 0.4) is 0 Å². The predicted molar refractivity (Wildman–Crippen MR) is 229 cm³/mol. The molecule has 1 aromatic carbocycles. The molecule has 5 atom stereocenters. The molecule has 17 heteroatoms. The summed E-state index contributed by atoms with van der Waals surface area (Å²) in [5, 5.41) is 21.4. The van der Waals surface area contributed by atoms with Gasteiger partial charge in [0.25, 0.3) is 0 Å². The standard InChI is InChI=1S/C44H55N7O9S/c1-4-26-22-44(26,40(54)55)49-38(52)35-20-30(23-51(35)39(53)37(25-11-6-5-7-12-25)47-42(56)59-29-15-10-16-29)58-36-21-33(45-32-19-27(50(2)3)17-18-31(32)36)34-24-61-41(46-34)48-43(57)60-28-13-8-9-14-28/h4,17-19,21,24-26,28-30,35,37H,1,5-16,20,22-23H2,2-3H3,(H,47,56)(H,49,52)(H,54,55)(H,46,48,57)/t26-,30-,35+,37+,44-/m1/s1. The Bertz CT molecular complexity index is 2160. The molecule has 4 aliphatic carbocycles. The van der Waals surface area contributed by atoms with Gasteiger partial charge in [0.1, 0.15) is 47.4 Å². The third kappa shape index (κ3) is 9.26. The van der Waals surface area contributed by atoms with Crippen LogP contribution < -0.4 is 25.6 Å². The lowest BCUT2D eigenvalue weighted by molar-refractivity contribution is -0.146. The van der Waals surface area contributed by atoms with E-state index in [-0.39, 0.29) is 37.5 Å². The molecular weight excluding hydrogens is 803 g/mol. The number of likely N-dealkylation sites (tertiary alicyclic amines) is 1. The highest BCUT2D eigenvalue weighted by molar-refractivity contribution is 7.14. The van der Waals surface area contributed by atoms with Crippen molar-refractivity contribution in [2.24, 2.45) is 11.8 Å². The number of amides is 4. The maximum absolute atomic E-state index is 14.9. The lowest BCUT2D eigenvalue weighted by atomic mass is 9.83. The number of carboxylic acid groups (broad SMARTS) is 1. The van der Waals surface area contributed by atoms with Gasteiger partial charge in [0.05, 0.1) is 17.8 Å². The van der Waals surface area contributed by atoms with Crippen molar-refractivity contribution in [2.45, 2.75) is 126 Å². The van der Waals surface area contributed by atoms with Gasteiger partial charge in [-0.05, 0) is 88.3 Å². The predicted octanol–water partition coefficient (Wildman–Crippen LogP) is 6.64. The first-order chi connectivity index (χ1) is 29.4. The van der Waals surface area contributed by atoms with Crippen LogP contribution in [-0.4, -0.2) is 107 Å². The molecule has 4 amide bonds. The highest BCUT2D eigenvalue weighted by Crippen LogP contribution is 2.45. The number of carboxylic acids is 1. The van der Waals surface area contributed by atoms with Gasteiger partial charge in [0.2, 0.25) is 11.8 Å². The van der Waals surface area contributed by atoms with Gasteiger partial charge in [-0.2, -0.15) is 0 Å². The normalized spacial score (nSPS) is 24.6. The Morgan fingerprint density at radius 2 is 1.62 bits per heavy atom. The van der Waals surface area contributed by atoms with Crippen molar-refractivity contribution in [2.75, 3.05) is 30.9 Å². The van der Waals surface area contributed by atoms with E-state index in [9.17, 15) is 29.1 Å². The fourth-order valence-electron chi connectivity index (χ4n) is 9.12. The van der Waals surface area contributed by atoms with Crippen LogP contribution in [0.15, 0.2) is 42.3 Å². The lowest BCUT2D eigenvalue weighted by Crippen LogP contribution is -2.58. The number of thiazole rings is 1. The van der Waals surface area contributed by atoms with Crippen LogP contribution >= 0.6 is 11.3 Å². The lowest BCUT2D eigenvalue weighted by Gasteiger charge is -2.35. The first kappa shape index (κ1) is 42.2. The summed E-state index contributed by atoms with van der Waals surface area (Å²) in [6.07, 6.45) is 10.1. The van der Waals surface area contributed by atoms with Gasteiger partial charge < -0.3 is 39.8 Å². The highest BCUT2D eigenvalue weighted by Gasteiger charge is 2.61. The van der Waals surface area contributed by atoms with E-state index in [0.29, 0.717) is 33.2 Å². The molecule has 5 aliphatic rings. The third-order valence-electron chi connectivity index (χ3n) is 13.0. The maximum atomic E-state index is 14.9. The number of nitrogens with zero attached hydrogens (tertiary/aromatic N) is 4. The molecule has 326 valence electrons. The van der Waals surface area contributed by atoms with E-state index in [2.05, 4.69) is 27.5 Å². The Kier molecular flexibility index (Phi) is 12.4. The molecule has 2 aromatic heterocycles.